The number of hydrogen-bond acceptors (Lipinski definition) is 6. The normalized spacial score (nSPS) is 11.1. The van der Waals surface area contributed by atoms with Gasteiger partial charge in [0.1, 0.15) is 11.3 Å². The molecule has 10 heteroatoms. The third-order valence-electron chi connectivity index (χ3n) is 4.85. The van der Waals surface area contributed by atoms with E-state index in [0.29, 0.717) is 22.0 Å². The zero-order valence-electron chi connectivity index (χ0n) is 16.5. The number of nitrogens with zero attached hydrogens (tertiary/aromatic N) is 6. The molecule has 0 radical (unpaired) electrons. The first-order valence-corrected chi connectivity index (χ1v) is 10.3. The molecular formula is C21H17N7O2S. The predicted octanol–water partition coefficient (Wildman–Crippen LogP) is 2.65. The molecule has 5 heterocycles. The van der Waals surface area contributed by atoms with Gasteiger partial charge < -0.3 is 14.1 Å². The number of amides is 2. The van der Waals surface area contributed by atoms with E-state index >= 15 is 0 Å². The molecule has 0 aliphatic rings. The Hall–Kier alpha value is -4.05. The van der Waals surface area contributed by atoms with Crippen molar-refractivity contribution in [2.45, 2.75) is 6.54 Å². The van der Waals surface area contributed by atoms with E-state index in [1.807, 2.05) is 5.38 Å². The summed E-state index contributed by atoms with van der Waals surface area (Å²) in [7, 11) is 1.68. The first-order valence-electron chi connectivity index (χ1n) is 9.44. The molecule has 0 fully saturated rings. The third-order valence-corrected chi connectivity index (χ3v) is 5.81. The SMILES string of the molecule is CN(C(=O)c1ccc2nccn2c1)c1nc(CNC(=O)c2ccc3nccn3c2)cs1. The van der Waals surface area contributed by atoms with Gasteiger partial charge >= 0.3 is 0 Å². The molecule has 0 spiro atoms. The lowest BCUT2D eigenvalue weighted by atomic mass is 10.2. The number of carbonyl (C=O) groups excluding carboxylic acids is 2. The van der Waals surface area contributed by atoms with Crippen molar-refractivity contribution in [3.05, 3.63) is 83.6 Å². The number of thiazole rings is 1. The molecule has 0 bridgehead atoms. The van der Waals surface area contributed by atoms with Crippen LogP contribution in [0.2, 0.25) is 0 Å². The maximum atomic E-state index is 12.8. The minimum absolute atomic E-state index is 0.172. The molecule has 5 aromatic heterocycles. The molecule has 154 valence electrons. The highest BCUT2D eigenvalue weighted by Gasteiger charge is 2.18. The summed E-state index contributed by atoms with van der Waals surface area (Å²) in [4.78, 5) is 39.6. The molecule has 1 N–H and O–H groups in total. The third kappa shape index (κ3) is 3.64. The van der Waals surface area contributed by atoms with Crippen molar-refractivity contribution >= 4 is 39.6 Å². The van der Waals surface area contributed by atoms with Crippen LogP contribution in [-0.2, 0) is 6.54 Å². The first kappa shape index (κ1) is 18.9. The maximum absolute atomic E-state index is 12.8. The van der Waals surface area contributed by atoms with Crippen LogP contribution < -0.4 is 10.2 Å². The number of aromatic nitrogens is 5. The summed E-state index contributed by atoms with van der Waals surface area (Å²) >= 11 is 1.35. The highest BCUT2D eigenvalue weighted by atomic mass is 32.1. The lowest BCUT2D eigenvalue weighted by Crippen LogP contribution is -2.27. The van der Waals surface area contributed by atoms with Gasteiger partial charge in [0.2, 0.25) is 0 Å². The summed E-state index contributed by atoms with van der Waals surface area (Å²) in [6, 6.07) is 7.06. The average molecular weight is 431 g/mol. The van der Waals surface area contributed by atoms with E-state index in [1.54, 1.807) is 77.3 Å². The van der Waals surface area contributed by atoms with Gasteiger partial charge in [-0.1, -0.05) is 0 Å². The van der Waals surface area contributed by atoms with Crippen LogP contribution in [0.15, 0.2) is 66.8 Å². The fourth-order valence-electron chi connectivity index (χ4n) is 3.19. The van der Waals surface area contributed by atoms with Gasteiger partial charge in [-0.2, -0.15) is 0 Å². The van der Waals surface area contributed by atoms with E-state index < -0.39 is 0 Å². The molecule has 0 unspecified atom stereocenters. The number of anilines is 1. The van der Waals surface area contributed by atoms with Gasteiger partial charge in [0.25, 0.3) is 11.8 Å². The fraction of sp³-hybridized carbons (Fsp3) is 0.0952. The number of pyridine rings is 2. The van der Waals surface area contributed by atoms with Gasteiger partial charge in [0, 0.05) is 49.6 Å². The monoisotopic (exact) mass is 431 g/mol. The molecule has 0 aliphatic carbocycles. The number of imidazole rings is 2. The minimum Gasteiger partial charge on any atom is -0.346 e. The van der Waals surface area contributed by atoms with Gasteiger partial charge in [-0.3, -0.25) is 14.5 Å². The Balaban J connectivity index is 1.25. The van der Waals surface area contributed by atoms with E-state index in [1.165, 1.54) is 16.2 Å². The van der Waals surface area contributed by atoms with Crippen LogP contribution in [0.5, 0.6) is 0 Å². The topological polar surface area (TPSA) is 96.9 Å². The zero-order chi connectivity index (χ0) is 21.4. The van der Waals surface area contributed by atoms with Crippen LogP contribution in [0.4, 0.5) is 5.13 Å². The Morgan fingerprint density at radius 2 is 1.65 bits per heavy atom. The Bertz CT molecular complexity index is 1420. The number of fused-ring (bicyclic) bond motifs is 2. The lowest BCUT2D eigenvalue weighted by Gasteiger charge is -2.14. The van der Waals surface area contributed by atoms with Gasteiger partial charge in [0.15, 0.2) is 5.13 Å². The molecule has 2 amide bonds. The zero-order valence-corrected chi connectivity index (χ0v) is 17.3. The molecule has 5 aromatic rings. The van der Waals surface area contributed by atoms with Crippen molar-refractivity contribution < 1.29 is 9.59 Å². The van der Waals surface area contributed by atoms with Gasteiger partial charge in [-0.15, -0.1) is 11.3 Å². The van der Waals surface area contributed by atoms with E-state index in [2.05, 4.69) is 20.3 Å². The maximum Gasteiger partial charge on any atom is 0.261 e. The second kappa shape index (κ2) is 7.65. The Morgan fingerprint density at radius 1 is 1.00 bits per heavy atom. The summed E-state index contributed by atoms with van der Waals surface area (Å²) in [5.41, 5.74) is 3.30. The van der Waals surface area contributed by atoms with Gasteiger partial charge in [0.05, 0.1) is 23.4 Å². The fourth-order valence-corrected chi connectivity index (χ4v) is 3.97. The predicted molar refractivity (Wildman–Crippen MR) is 116 cm³/mol. The highest BCUT2D eigenvalue weighted by Crippen LogP contribution is 2.21. The van der Waals surface area contributed by atoms with E-state index in [0.717, 1.165) is 11.3 Å². The van der Waals surface area contributed by atoms with Crippen LogP contribution in [-0.4, -0.2) is 42.6 Å². The average Bonchev–Trinajstić information content (AvgIpc) is 3.55. The first-order chi connectivity index (χ1) is 15.1. The largest absolute Gasteiger partial charge is 0.346 e. The molecule has 0 saturated heterocycles. The number of hydrogen-bond donors (Lipinski definition) is 1. The minimum atomic E-state index is -0.205. The Labute approximate surface area is 180 Å². The molecule has 0 aromatic carbocycles. The lowest BCUT2D eigenvalue weighted by molar-refractivity contribution is 0.0948. The van der Waals surface area contributed by atoms with E-state index in [-0.39, 0.29) is 18.4 Å². The Morgan fingerprint density at radius 3 is 2.35 bits per heavy atom. The summed E-state index contributed by atoms with van der Waals surface area (Å²) in [5.74, 6) is -0.377. The molecule has 31 heavy (non-hydrogen) atoms. The highest BCUT2D eigenvalue weighted by molar-refractivity contribution is 7.14. The summed E-state index contributed by atoms with van der Waals surface area (Å²) in [5, 5.41) is 5.25. The smallest absolute Gasteiger partial charge is 0.261 e. The molecule has 5 rings (SSSR count). The van der Waals surface area contributed by atoms with E-state index in [4.69, 9.17) is 0 Å². The quantitative estimate of drug-likeness (QED) is 0.461. The second-order valence-corrected chi connectivity index (χ2v) is 7.73. The van der Waals surface area contributed by atoms with Crippen LogP contribution >= 0.6 is 11.3 Å². The second-order valence-electron chi connectivity index (χ2n) is 6.89. The standard InChI is InChI=1S/C21H17N7O2S/c1-26(20(30)15-3-5-18-23-7-9-28(18)12-15)21-25-16(13-31-21)10-24-19(29)14-2-4-17-22-6-8-27(17)11-14/h2-9,11-13H,10H2,1H3,(H,24,29). The van der Waals surface area contributed by atoms with Gasteiger partial charge in [-0.25, -0.2) is 15.0 Å². The van der Waals surface area contributed by atoms with Crippen molar-refractivity contribution in [2.75, 3.05) is 11.9 Å². The molecular weight excluding hydrogens is 414 g/mol. The number of rotatable bonds is 5. The summed E-state index contributed by atoms with van der Waals surface area (Å²) in [6.07, 6.45) is 10.4. The van der Waals surface area contributed by atoms with Crippen LogP contribution in [0.1, 0.15) is 26.4 Å². The molecule has 0 atom stereocenters. The van der Waals surface area contributed by atoms with Gasteiger partial charge in [-0.05, 0) is 24.3 Å². The molecule has 9 nitrogen and oxygen atoms in total. The van der Waals surface area contributed by atoms with Crippen LogP contribution in [0.25, 0.3) is 11.3 Å². The molecule has 0 aliphatic heterocycles. The van der Waals surface area contributed by atoms with Crippen molar-refractivity contribution in [3.8, 4) is 0 Å². The Kier molecular flexibility index (Phi) is 4.68. The number of nitrogens with one attached hydrogen (secondary N) is 1. The van der Waals surface area contributed by atoms with Crippen LogP contribution in [0.3, 0.4) is 0 Å². The van der Waals surface area contributed by atoms with E-state index in [9.17, 15) is 9.59 Å². The van der Waals surface area contributed by atoms with Crippen molar-refractivity contribution in [3.63, 3.8) is 0 Å². The van der Waals surface area contributed by atoms with Crippen molar-refractivity contribution in [1.82, 2.24) is 29.1 Å². The summed E-state index contributed by atoms with van der Waals surface area (Å²) < 4.78 is 3.59. The van der Waals surface area contributed by atoms with Crippen molar-refractivity contribution in [2.24, 2.45) is 0 Å². The molecule has 0 saturated carbocycles. The van der Waals surface area contributed by atoms with Crippen LogP contribution in [0, 0.1) is 0 Å². The summed E-state index contributed by atoms with van der Waals surface area (Å²) in [6.45, 7) is 0.264. The van der Waals surface area contributed by atoms with Crippen molar-refractivity contribution in [1.29, 1.82) is 0 Å². The number of carbonyl (C=O) groups is 2.